The minimum Gasteiger partial charge on any atom is -1.00 e. The molecule has 0 radical (unpaired) electrons. The first kappa shape index (κ1) is 49.4. The number of ether oxygens (including phenoxy) is 5. The van der Waals surface area contributed by atoms with Gasteiger partial charge in [0.2, 0.25) is 0 Å². The van der Waals surface area contributed by atoms with Gasteiger partial charge in [-0.25, -0.2) is 9.59 Å². The van der Waals surface area contributed by atoms with E-state index in [2.05, 4.69) is 13.8 Å². The summed E-state index contributed by atoms with van der Waals surface area (Å²) in [6.45, 7) is 11.2. The fourth-order valence-electron chi connectivity index (χ4n) is 5.59. The van der Waals surface area contributed by atoms with Gasteiger partial charge < -0.3 is 57.5 Å². The maximum Gasteiger partial charge on any atom is 0.361 e. The second-order valence-corrected chi connectivity index (χ2v) is 15.1. The SMILES string of the molecule is CCCCCCCCCCOC(=O)C[N+](C)(C)CCOCC1(COCC[N+](C)(C)CC(=O)OCCCCCCCCCC)COC1.[Cl-].[Cl-]. The highest BCUT2D eigenvalue weighted by Crippen LogP contribution is 2.28. The van der Waals surface area contributed by atoms with Crippen LogP contribution in [-0.2, 0) is 33.3 Å². The molecule has 48 heavy (non-hydrogen) atoms. The van der Waals surface area contributed by atoms with Gasteiger partial charge in [-0.15, -0.1) is 0 Å². The second-order valence-electron chi connectivity index (χ2n) is 15.1. The average molecular weight is 730 g/mol. The number of likely N-dealkylation sites (N-methyl/N-ethyl adjacent to an activating group) is 2. The van der Waals surface area contributed by atoms with E-state index in [1.807, 2.05) is 28.2 Å². The molecule has 0 bridgehead atoms. The van der Waals surface area contributed by atoms with Crippen molar-refractivity contribution in [2.24, 2.45) is 5.41 Å². The summed E-state index contributed by atoms with van der Waals surface area (Å²) in [4.78, 5) is 24.7. The van der Waals surface area contributed by atoms with E-state index in [9.17, 15) is 9.59 Å². The number of carbonyl (C=O) groups excluding carboxylic acids is 2. The molecule has 1 saturated heterocycles. The van der Waals surface area contributed by atoms with Crippen molar-refractivity contribution in [1.82, 2.24) is 0 Å². The summed E-state index contributed by atoms with van der Waals surface area (Å²) in [6.07, 6.45) is 19.7. The quantitative estimate of drug-likeness (QED) is 0.0570. The van der Waals surface area contributed by atoms with Crippen molar-refractivity contribution < 1.29 is 67.1 Å². The molecule has 1 heterocycles. The summed E-state index contributed by atoms with van der Waals surface area (Å²) < 4.78 is 29.7. The fourth-order valence-corrected chi connectivity index (χ4v) is 5.59. The molecule has 1 rings (SSSR count). The molecule has 0 atom stereocenters. The molecule has 0 aromatic carbocycles. The Morgan fingerprint density at radius 3 is 1.19 bits per heavy atom. The number of carbonyl (C=O) groups is 2. The van der Waals surface area contributed by atoms with E-state index in [1.54, 1.807) is 0 Å². The summed E-state index contributed by atoms with van der Waals surface area (Å²) in [5.74, 6) is -0.272. The highest BCUT2D eigenvalue weighted by atomic mass is 35.5. The number of unbranched alkanes of at least 4 members (excludes halogenated alkanes) is 14. The van der Waals surface area contributed by atoms with E-state index in [4.69, 9.17) is 23.7 Å². The van der Waals surface area contributed by atoms with Crippen LogP contribution in [0.2, 0.25) is 0 Å². The van der Waals surface area contributed by atoms with Crippen molar-refractivity contribution in [3.63, 3.8) is 0 Å². The molecule has 1 fully saturated rings. The Labute approximate surface area is 307 Å². The van der Waals surface area contributed by atoms with E-state index in [0.717, 1.165) is 38.8 Å². The fraction of sp³-hybridized carbons (Fsp3) is 0.946. The Bertz CT molecular complexity index is 725. The van der Waals surface area contributed by atoms with Gasteiger partial charge in [0.05, 0.1) is 86.5 Å². The molecule has 1 aliphatic heterocycles. The van der Waals surface area contributed by atoms with E-state index in [0.29, 0.717) is 74.9 Å². The molecule has 0 aromatic heterocycles. The van der Waals surface area contributed by atoms with E-state index < -0.39 is 0 Å². The third kappa shape index (κ3) is 27.1. The van der Waals surface area contributed by atoms with Gasteiger partial charge in [0.15, 0.2) is 13.1 Å². The Morgan fingerprint density at radius 1 is 0.542 bits per heavy atom. The van der Waals surface area contributed by atoms with E-state index >= 15 is 0 Å². The lowest BCUT2D eigenvalue weighted by molar-refractivity contribution is -0.883. The molecule has 11 heteroatoms. The van der Waals surface area contributed by atoms with Gasteiger partial charge in [-0.2, -0.15) is 0 Å². The largest absolute Gasteiger partial charge is 1.00 e. The van der Waals surface area contributed by atoms with E-state index in [-0.39, 0.29) is 42.2 Å². The first-order chi connectivity index (χ1) is 22.0. The Kier molecular flexibility index (Phi) is 30.9. The molecule has 9 nitrogen and oxygen atoms in total. The smallest absolute Gasteiger partial charge is 0.361 e. The standard InChI is InChI=1S/C37H74N2O7.2ClH/c1-7-9-11-13-15-17-19-21-25-45-35(40)29-38(3,4)23-27-42-31-37(33-44-34-37)32-43-28-24-39(5,6)30-36(41)46-26-22-20-18-16-14-12-10-8-2;;/h7-34H2,1-6H3;2*1H/q+2;;/p-2. The number of quaternary nitrogens is 2. The first-order valence-corrected chi connectivity index (χ1v) is 18.7. The minimum absolute atomic E-state index is 0. The van der Waals surface area contributed by atoms with Crippen LogP contribution in [0.1, 0.15) is 117 Å². The van der Waals surface area contributed by atoms with Crippen molar-refractivity contribution in [2.75, 3.05) is 107 Å². The van der Waals surface area contributed by atoms with Gasteiger partial charge in [-0.1, -0.05) is 104 Å². The summed E-state index contributed by atoms with van der Waals surface area (Å²) in [6, 6.07) is 0. The van der Waals surface area contributed by atoms with E-state index in [1.165, 1.54) is 77.0 Å². The lowest BCUT2D eigenvalue weighted by Crippen LogP contribution is -3.00. The Balaban J connectivity index is 0. The zero-order chi connectivity index (χ0) is 34.0. The predicted octanol–water partition coefficient (Wildman–Crippen LogP) is 0.565. The summed E-state index contributed by atoms with van der Waals surface area (Å²) in [5.41, 5.74) is -0.127. The molecule has 0 amide bonds. The van der Waals surface area contributed by atoms with Crippen LogP contribution < -0.4 is 24.8 Å². The van der Waals surface area contributed by atoms with Crippen LogP contribution in [0.15, 0.2) is 0 Å². The van der Waals surface area contributed by atoms with Crippen LogP contribution in [0.5, 0.6) is 0 Å². The van der Waals surface area contributed by atoms with Crippen LogP contribution >= 0.6 is 0 Å². The number of nitrogens with zero attached hydrogens (tertiary/aromatic N) is 2. The van der Waals surface area contributed by atoms with Gasteiger partial charge in [-0.05, 0) is 12.8 Å². The maximum absolute atomic E-state index is 12.4. The zero-order valence-corrected chi connectivity index (χ0v) is 33.3. The number of hydrogen-bond donors (Lipinski definition) is 0. The normalized spacial score (nSPS) is 14.0. The number of rotatable bonds is 32. The number of halogens is 2. The maximum atomic E-state index is 12.4. The Morgan fingerprint density at radius 2 is 0.875 bits per heavy atom. The summed E-state index contributed by atoms with van der Waals surface area (Å²) in [5, 5.41) is 0. The third-order valence-electron chi connectivity index (χ3n) is 8.95. The predicted molar refractivity (Wildman–Crippen MR) is 186 cm³/mol. The average Bonchev–Trinajstić information content (AvgIpc) is 2.97. The first-order valence-electron chi connectivity index (χ1n) is 18.7. The number of hydrogen-bond acceptors (Lipinski definition) is 7. The lowest BCUT2D eigenvalue weighted by atomic mass is 9.88. The molecule has 0 saturated carbocycles. The van der Waals surface area contributed by atoms with Crippen LogP contribution in [0.3, 0.4) is 0 Å². The van der Waals surface area contributed by atoms with Crippen molar-refractivity contribution in [2.45, 2.75) is 117 Å². The molecule has 288 valence electrons. The topological polar surface area (TPSA) is 80.3 Å². The minimum atomic E-state index is -0.136. The summed E-state index contributed by atoms with van der Waals surface area (Å²) in [7, 11) is 8.16. The molecule has 0 N–H and O–H groups in total. The van der Waals surface area contributed by atoms with Gasteiger partial charge in [0.25, 0.3) is 0 Å². The van der Waals surface area contributed by atoms with Crippen molar-refractivity contribution >= 4 is 11.9 Å². The van der Waals surface area contributed by atoms with Crippen molar-refractivity contribution in [3.8, 4) is 0 Å². The lowest BCUT2D eigenvalue weighted by Gasteiger charge is -2.41. The van der Waals surface area contributed by atoms with Crippen molar-refractivity contribution in [1.29, 1.82) is 0 Å². The van der Waals surface area contributed by atoms with Crippen LogP contribution in [0, 0.1) is 5.41 Å². The second kappa shape index (κ2) is 30.0. The van der Waals surface area contributed by atoms with Gasteiger partial charge in [0, 0.05) is 0 Å². The number of esters is 2. The molecule has 0 aromatic rings. The molecular weight excluding hydrogens is 655 g/mol. The summed E-state index contributed by atoms with van der Waals surface area (Å²) >= 11 is 0. The molecule has 0 unspecified atom stereocenters. The van der Waals surface area contributed by atoms with Crippen LogP contribution in [0.4, 0.5) is 0 Å². The van der Waals surface area contributed by atoms with Crippen LogP contribution in [0.25, 0.3) is 0 Å². The highest BCUT2D eigenvalue weighted by Gasteiger charge is 2.40. The van der Waals surface area contributed by atoms with Crippen molar-refractivity contribution in [3.05, 3.63) is 0 Å². The Hall–Kier alpha value is -0.680. The molecule has 1 aliphatic rings. The van der Waals surface area contributed by atoms with Gasteiger partial charge in [-0.3, -0.25) is 0 Å². The van der Waals surface area contributed by atoms with Gasteiger partial charge in [0.1, 0.15) is 13.1 Å². The molecule has 0 aliphatic carbocycles. The monoisotopic (exact) mass is 728 g/mol. The highest BCUT2D eigenvalue weighted by molar-refractivity contribution is 5.70. The van der Waals surface area contributed by atoms with Gasteiger partial charge >= 0.3 is 11.9 Å². The third-order valence-corrected chi connectivity index (χ3v) is 8.95. The molecule has 0 spiro atoms. The zero-order valence-electron chi connectivity index (χ0n) is 31.8. The molecular formula is C37H74Cl2N2O7. The van der Waals surface area contributed by atoms with Crippen LogP contribution in [-0.4, -0.2) is 128 Å².